The maximum atomic E-state index is 4.10. The van der Waals surface area contributed by atoms with Crippen molar-refractivity contribution in [3.8, 4) is 0 Å². The van der Waals surface area contributed by atoms with Crippen molar-refractivity contribution in [3.63, 3.8) is 0 Å². The fourth-order valence-corrected chi connectivity index (χ4v) is 2.91. The summed E-state index contributed by atoms with van der Waals surface area (Å²) in [6, 6.07) is 10.9. The largest absolute Gasteiger partial charge is 0.103 e. The summed E-state index contributed by atoms with van der Waals surface area (Å²) in [7, 11) is 0. The molecule has 1 aromatic carbocycles. The zero-order valence-corrected chi connectivity index (χ0v) is 13.7. The first-order valence-electron chi connectivity index (χ1n) is 7.75. The summed E-state index contributed by atoms with van der Waals surface area (Å²) < 4.78 is 0. The van der Waals surface area contributed by atoms with Gasteiger partial charge in [0.05, 0.1) is 0 Å². The molecule has 0 nitrogen and oxygen atoms in total. The molecule has 0 aliphatic carbocycles. The predicted octanol–water partition coefficient (Wildman–Crippen LogP) is 6.36. The second kappa shape index (κ2) is 7.47. The Bertz CT molecular complexity index is 429. The Kier molecular flexibility index (Phi) is 6.26. The molecule has 0 saturated heterocycles. The molecule has 0 aromatic heterocycles. The Morgan fingerprint density at radius 3 is 2.30 bits per heavy atom. The lowest BCUT2D eigenvalue weighted by atomic mass is 9.72. The van der Waals surface area contributed by atoms with Gasteiger partial charge in [0.25, 0.3) is 0 Å². The maximum Gasteiger partial charge on any atom is -0.0138 e. The van der Waals surface area contributed by atoms with E-state index in [1.165, 1.54) is 17.6 Å². The van der Waals surface area contributed by atoms with Crippen LogP contribution in [0.5, 0.6) is 0 Å². The van der Waals surface area contributed by atoms with Crippen LogP contribution in [-0.2, 0) is 0 Å². The van der Waals surface area contributed by atoms with Crippen molar-refractivity contribution in [3.05, 3.63) is 60.7 Å². The molecule has 0 heterocycles. The molecule has 0 aliphatic rings. The van der Waals surface area contributed by atoms with E-state index in [1.54, 1.807) is 0 Å². The van der Waals surface area contributed by atoms with Gasteiger partial charge in [-0.3, -0.25) is 0 Å². The Morgan fingerprint density at radius 2 is 1.85 bits per heavy atom. The van der Waals surface area contributed by atoms with Crippen molar-refractivity contribution >= 4 is 0 Å². The summed E-state index contributed by atoms with van der Waals surface area (Å²) in [6.45, 7) is 17.2. The van der Waals surface area contributed by atoms with Gasteiger partial charge in [-0.25, -0.2) is 0 Å². The molecule has 0 radical (unpaired) electrons. The third-order valence-electron chi connectivity index (χ3n) is 4.58. The molecule has 0 amide bonds. The number of hydrogen-bond donors (Lipinski definition) is 0. The van der Waals surface area contributed by atoms with Gasteiger partial charge < -0.3 is 0 Å². The van der Waals surface area contributed by atoms with Gasteiger partial charge in [0.2, 0.25) is 0 Å². The van der Waals surface area contributed by atoms with Crippen LogP contribution in [0, 0.1) is 11.3 Å². The lowest BCUT2D eigenvalue weighted by Gasteiger charge is -2.33. The summed E-state index contributed by atoms with van der Waals surface area (Å²) in [4.78, 5) is 0. The van der Waals surface area contributed by atoms with Crippen LogP contribution in [0.15, 0.2) is 55.1 Å². The summed E-state index contributed by atoms with van der Waals surface area (Å²) in [5.74, 6) is 1.16. The molecule has 0 aliphatic heterocycles. The minimum Gasteiger partial charge on any atom is -0.103 e. The van der Waals surface area contributed by atoms with Crippen molar-refractivity contribution in [2.75, 3.05) is 0 Å². The Labute approximate surface area is 125 Å². The fraction of sp³-hybridized carbons (Fsp3) is 0.500. The van der Waals surface area contributed by atoms with Gasteiger partial charge in [-0.2, -0.15) is 0 Å². The molecule has 1 aromatic rings. The van der Waals surface area contributed by atoms with Gasteiger partial charge in [0.1, 0.15) is 0 Å². The zero-order valence-electron chi connectivity index (χ0n) is 13.7. The van der Waals surface area contributed by atoms with Crippen LogP contribution in [0.1, 0.15) is 58.4 Å². The van der Waals surface area contributed by atoms with Gasteiger partial charge in [0, 0.05) is 0 Å². The number of hydrogen-bond acceptors (Lipinski definition) is 0. The lowest BCUT2D eigenvalue weighted by Crippen LogP contribution is -2.20. The van der Waals surface area contributed by atoms with Gasteiger partial charge in [0.15, 0.2) is 0 Å². The van der Waals surface area contributed by atoms with E-state index in [2.05, 4.69) is 77.3 Å². The van der Waals surface area contributed by atoms with E-state index in [4.69, 9.17) is 0 Å². The maximum absolute atomic E-state index is 4.10. The molecule has 0 spiro atoms. The second-order valence-corrected chi connectivity index (χ2v) is 6.53. The molecular formula is C20H30. The molecule has 110 valence electrons. The van der Waals surface area contributed by atoms with Crippen LogP contribution in [0.3, 0.4) is 0 Å². The lowest BCUT2D eigenvalue weighted by molar-refractivity contribution is 0.291. The number of rotatable bonds is 8. The summed E-state index contributed by atoms with van der Waals surface area (Å²) in [6.07, 6.45) is 5.62. The van der Waals surface area contributed by atoms with E-state index in [9.17, 15) is 0 Å². The first-order chi connectivity index (χ1) is 9.41. The van der Waals surface area contributed by atoms with Crippen molar-refractivity contribution in [1.29, 1.82) is 0 Å². The van der Waals surface area contributed by atoms with Gasteiger partial charge in [-0.05, 0) is 49.0 Å². The topological polar surface area (TPSA) is 0 Å². The van der Waals surface area contributed by atoms with E-state index < -0.39 is 0 Å². The molecule has 0 N–H and O–H groups in total. The minimum absolute atomic E-state index is 0.175. The van der Waals surface area contributed by atoms with Crippen LogP contribution in [0.2, 0.25) is 0 Å². The van der Waals surface area contributed by atoms with Crippen LogP contribution in [-0.4, -0.2) is 0 Å². The SMILES string of the molecule is C=CC(C)(CC(C)C(=C)C)CC(CC)c1ccccc1. The van der Waals surface area contributed by atoms with Crippen molar-refractivity contribution < 1.29 is 0 Å². The first kappa shape index (κ1) is 16.8. The molecule has 3 unspecified atom stereocenters. The van der Waals surface area contributed by atoms with Crippen molar-refractivity contribution in [2.45, 2.75) is 52.9 Å². The van der Waals surface area contributed by atoms with Gasteiger partial charge >= 0.3 is 0 Å². The van der Waals surface area contributed by atoms with Crippen molar-refractivity contribution in [2.24, 2.45) is 11.3 Å². The van der Waals surface area contributed by atoms with E-state index in [-0.39, 0.29) is 5.41 Å². The fourth-order valence-electron chi connectivity index (χ4n) is 2.91. The predicted molar refractivity (Wildman–Crippen MR) is 91.0 cm³/mol. The third kappa shape index (κ3) is 4.67. The monoisotopic (exact) mass is 270 g/mol. The smallest absolute Gasteiger partial charge is 0.0138 e. The highest BCUT2D eigenvalue weighted by atomic mass is 14.3. The van der Waals surface area contributed by atoms with Crippen LogP contribution in [0.25, 0.3) is 0 Å². The molecule has 20 heavy (non-hydrogen) atoms. The summed E-state index contributed by atoms with van der Waals surface area (Å²) >= 11 is 0. The second-order valence-electron chi connectivity index (χ2n) is 6.53. The molecule has 0 fully saturated rings. The standard InChI is InChI=1S/C20H30/c1-7-18(19-12-10-9-11-13-19)15-20(6,8-2)14-17(5)16(3)4/h8-13,17-18H,2-3,7,14-15H2,1,4-6H3. The Balaban J connectivity index is 2.84. The van der Waals surface area contributed by atoms with Crippen LogP contribution >= 0.6 is 0 Å². The van der Waals surface area contributed by atoms with E-state index >= 15 is 0 Å². The van der Waals surface area contributed by atoms with Crippen LogP contribution < -0.4 is 0 Å². The average molecular weight is 270 g/mol. The number of benzene rings is 1. The summed E-state index contributed by atoms with van der Waals surface area (Å²) in [5.41, 5.74) is 2.89. The third-order valence-corrected chi connectivity index (χ3v) is 4.58. The van der Waals surface area contributed by atoms with Gasteiger partial charge in [-0.15, -0.1) is 6.58 Å². The molecule has 0 saturated carbocycles. The normalized spacial score (nSPS) is 17.0. The minimum atomic E-state index is 0.175. The Morgan fingerprint density at radius 1 is 1.25 bits per heavy atom. The van der Waals surface area contributed by atoms with E-state index in [1.807, 2.05) is 0 Å². The van der Waals surface area contributed by atoms with E-state index in [0.717, 1.165) is 12.8 Å². The summed E-state index contributed by atoms with van der Waals surface area (Å²) in [5, 5.41) is 0. The quantitative estimate of drug-likeness (QED) is 0.482. The average Bonchev–Trinajstić information content (AvgIpc) is 2.45. The molecular weight excluding hydrogens is 240 g/mol. The highest BCUT2D eigenvalue weighted by Gasteiger charge is 2.27. The molecule has 3 atom stereocenters. The highest BCUT2D eigenvalue weighted by molar-refractivity contribution is 5.20. The number of allylic oxidation sites excluding steroid dienone is 2. The van der Waals surface area contributed by atoms with Crippen molar-refractivity contribution in [1.82, 2.24) is 0 Å². The molecule has 0 heteroatoms. The molecule has 1 rings (SSSR count). The highest BCUT2D eigenvalue weighted by Crippen LogP contribution is 2.40. The van der Waals surface area contributed by atoms with Crippen LogP contribution in [0.4, 0.5) is 0 Å². The molecule has 0 bridgehead atoms. The zero-order chi connectivity index (χ0) is 15.2. The van der Waals surface area contributed by atoms with E-state index in [0.29, 0.717) is 11.8 Å². The first-order valence-corrected chi connectivity index (χ1v) is 7.75. The Hall–Kier alpha value is -1.30. The van der Waals surface area contributed by atoms with Gasteiger partial charge in [-0.1, -0.05) is 69.3 Å².